The molecule has 26 bridgehead atoms. The van der Waals surface area contributed by atoms with E-state index in [9.17, 15) is 0 Å². The normalized spacial score (nSPS) is 38.2. The Morgan fingerprint density at radius 3 is 0.798 bits per heavy atom. The molecule has 1 aromatic rings. The fraction of sp³-hybridized carbons (Fsp3) is 0.958. The molecule has 1 aromatic heterocycles. The molecule has 4 atom stereocenters. The van der Waals surface area contributed by atoms with Gasteiger partial charge in [0.1, 0.15) is 0 Å². The number of piperidine rings is 3. The summed E-state index contributed by atoms with van der Waals surface area (Å²) >= 11 is 0. The molecule has 23 saturated carbocycles. The predicted octanol–water partition coefficient (Wildman–Crippen LogP) is 38.2. The number of aryl methyl sites for hydroxylation is 1. The molecule has 25 aliphatic carbocycles. The van der Waals surface area contributed by atoms with E-state index in [0.29, 0.717) is 0 Å². The minimum atomic E-state index is 1.04. The quantitative estimate of drug-likeness (QED) is 0.262. The number of likely N-dealkylation sites (tertiary alicyclic amines) is 1. The summed E-state index contributed by atoms with van der Waals surface area (Å²) in [6, 6.07) is 0. The van der Waals surface area contributed by atoms with Gasteiger partial charge in [0.05, 0.1) is 6.33 Å². The van der Waals surface area contributed by atoms with Gasteiger partial charge in [0.25, 0.3) is 0 Å². The topological polar surface area (TPSA) is 24.3 Å². The van der Waals surface area contributed by atoms with Crippen LogP contribution in [0.5, 0.6) is 0 Å². The summed E-state index contributed by atoms with van der Waals surface area (Å²) in [5.41, 5.74) is 3.84. The highest BCUT2D eigenvalue weighted by Crippen LogP contribution is 2.70. The maximum absolute atomic E-state index is 3.78. The SMILES string of the molecule is C1C2CC3C1C3C2.C1C2CC3CC1CC(C2)C3.C1C2CC3CC1CN(C2)C3.C1CC2CC(C1)C2.C1CC2CCC1C2.C1CC2CCC1C2.C1CC2CCCC(C1)C2.C1CC2CCCC(C1)C2.C1CCC2=C(C1)CC1CCCC2C1.CC.CC.CC.CC.CC.CC.CC.CC.CC.CC.CCC1CC2CCCC(C1)C2.CN1CCCCCC1.Cn1ccnc1. The van der Waals surface area contributed by atoms with E-state index in [1.165, 1.54) is 238 Å². The van der Waals surface area contributed by atoms with Gasteiger partial charge in [-0.15, -0.1) is 0 Å². The molecule has 4 aliphatic heterocycles. The van der Waals surface area contributed by atoms with E-state index in [1.807, 2.05) is 167 Å². The van der Waals surface area contributed by atoms with Crippen molar-refractivity contribution in [1.29, 1.82) is 0 Å². The van der Waals surface area contributed by atoms with Crippen molar-refractivity contribution in [2.45, 2.75) is 537 Å². The molecule has 0 aromatic carbocycles. The van der Waals surface area contributed by atoms with Crippen LogP contribution in [0.25, 0.3) is 0 Å². The van der Waals surface area contributed by atoms with Gasteiger partial charge in [0.2, 0.25) is 0 Å². The number of aromatic nitrogens is 2. The highest BCUT2D eigenvalue weighted by atomic mass is 15.2. The molecule has 5 heterocycles. The van der Waals surface area contributed by atoms with Crippen molar-refractivity contribution in [1.82, 2.24) is 19.4 Å². The molecule has 0 amide bonds. The second-order valence-electron chi connectivity index (χ2n) is 43.9. The summed E-state index contributed by atoms with van der Waals surface area (Å²) in [4.78, 5) is 8.90. The number of imidazole rings is 1. The van der Waals surface area contributed by atoms with Gasteiger partial charge in [-0.05, 0) is 367 Å². The maximum atomic E-state index is 3.78. The fourth-order valence-electron chi connectivity index (χ4n) is 30.7. The van der Waals surface area contributed by atoms with Crippen molar-refractivity contribution in [2.75, 3.05) is 39.8 Å². The molecular weight excluding hydrogens is 1500 g/mol. The van der Waals surface area contributed by atoms with Crippen LogP contribution in [0.2, 0.25) is 0 Å². The molecule has 0 radical (unpaired) electrons. The minimum absolute atomic E-state index is 1.04. The third-order valence-corrected chi connectivity index (χ3v) is 35.6. The van der Waals surface area contributed by atoms with Gasteiger partial charge in [0.15, 0.2) is 0 Å². The number of hydrogen-bond donors (Lipinski definition) is 0. The summed E-state index contributed by atoms with van der Waals surface area (Å²) in [5, 5.41) is 0. The molecule has 730 valence electrons. The van der Waals surface area contributed by atoms with Crippen LogP contribution >= 0.6 is 0 Å². The average Bonchev–Trinajstić information content (AvgIpc) is 1.54. The Morgan fingerprint density at radius 2 is 0.532 bits per heavy atom. The maximum Gasteiger partial charge on any atom is 0.0943 e. The van der Waals surface area contributed by atoms with Crippen molar-refractivity contribution in [3.05, 3.63) is 29.9 Å². The zero-order valence-electron chi connectivity index (χ0n) is 89.2. The molecule has 4 nitrogen and oxygen atoms in total. The van der Waals surface area contributed by atoms with Crippen LogP contribution in [0.15, 0.2) is 29.9 Å². The van der Waals surface area contributed by atoms with Gasteiger partial charge in [-0.1, -0.05) is 356 Å². The van der Waals surface area contributed by atoms with Crippen LogP contribution in [0.3, 0.4) is 0 Å². The molecular formula is C120H230N4. The lowest BCUT2D eigenvalue weighted by Gasteiger charge is -2.51. The van der Waals surface area contributed by atoms with Gasteiger partial charge in [-0.3, -0.25) is 0 Å². The number of fused-ring (bicyclic) bond motifs is 15. The summed E-state index contributed by atoms with van der Waals surface area (Å²) < 4.78 is 1.89. The number of nitrogens with zero attached hydrogens (tertiary/aromatic N) is 4. The van der Waals surface area contributed by atoms with Crippen LogP contribution in [-0.4, -0.2) is 59.1 Å². The predicted molar refractivity (Wildman–Crippen MR) is 556 cm³/mol. The van der Waals surface area contributed by atoms with Gasteiger partial charge >= 0.3 is 0 Å². The molecule has 30 rings (SSSR count). The second-order valence-corrected chi connectivity index (χ2v) is 43.9. The largest absolute Gasteiger partial charge is 0.341 e. The second kappa shape index (κ2) is 68.0. The molecule has 4 unspecified atom stereocenters. The Morgan fingerprint density at radius 1 is 0.258 bits per heavy atom. The van der Waals surface area contributed by atoms with Crippen LogP contribution in [0, 0.1) is 154 Å². The van der Waals surface area contributed by atoms with Gasteiger partial charge in [-0.25, -0.2) is 4.98 Å². The first-order valence-electron chi connectivity index (χ1n) is 59.1. The van der Waals surface area contributed by atoms with Crippen molar-refractivity contribution in [3.63, 3.8) is 0 Å². The van der Waals surface area contributed by atoms with E-state index in [4.69, 9.17) is 0 Å². The van der Waals surface area contributed by atoms with Crippen molar-refractivity contribution in [3.8, 4) is 0 Å². The van der Waals surface area contributed by atoms with Crippen molar-refractivity contribution < 1.29 is 0 Å². The summed E-state index contributed by atoms with van der Waals surface area (Å²) in [5.74, 6) is 30.1. The zero-order valence-corrected chi connectivity index (χ0v) is 89.2. The Hall–Kier alpha value is -1.13. The Balaban J connectivity index is 0.000000237. The van der Waals surface area contributed by atoms with Crippen LogP contribution in [-0.2, 0) is 7.05 Å². The van der Waals surface area contributed by atoms with E-state index in [0.717, 1.165) is 71.0 Å². The van der Waals surface area contributed by atoms with Crippen molar-refractivity contribution >= 4 is 0 Å². The molecule has 0 N–H and O–H groups in total. The number of hydrogen-bond acceptors (Lipinski definition) is 3. The molecule has 27 fully saturated rings. The Labute approximate surface area is 782 Å². The number of allylic oxidation sites excluding steroid dienone is 2. The third kappa shape index (κ3) is 40.2. The van der Waals surface area contributed by atoms with Crippen LogP contribution in [0.4, 0.5) is 0 Å². The van der Waals surface area contributed by atoms with Gasteiger partial charge < -0.3 is 14.4 Å². The lowest BCUT2D eigenvalue weighted by molar-refractivity contribution is -0.0169. The molecule has 4 heteroatoms. The van der Waals surface area contributed by atoms with Crippen LogP contribution in [0.1, 0.15) is 537 Å². The first kappa shape index (κ1) is 113. The van der Waals surface area contributed by atoms with Gasteiger partial charge in [0, 0.05) is 39.1 Å². The minimum Gasteiger partial charge on any atom is -0.341 e. The first-order chi connectivity index (χ1) is 61.1. The standard InChI is InChI=1S/C13H20.C11H20.C10H16.C9H15N.2C9H16.C7H15N.C7H10.3C7H12.C4H6N2.10C2H6/c1-2-7-13-11(5-1)8-10-4-3-6-12(13)9-10;1-2-9-6-10-4-3-5-11(7-9)8-10;1-7-2-9-4-8(1)5-10(3-7)6-9;1-7-2-9-3-8(1)5-10(4-7)6-9;2*1-3-8-5-2-6-9(4-1)7-8;1-8-6-4-2-3-5-7-8;1-4-2-6-5(1)7(6)3-4;2*1-2-7-4-3-6(1)5-7;1-2-6-4-7(3-1)5-6;1-6-3-2-5-4-6;10*1-2/h10,12H,1-9H2;9-11H,2-8H2,1H3;7-10H,1-6H2;7-9H,1-6H2;2*8-9H,1-7H2;2-7H2,1H3;4-7H,1-3H2;3*6-7H,1-5H2;2-4H,1H3;10*1-2H3. The van der Waals surface area contributed by atoms with Gasteiger partial charge in [-0.2, -0.15) is 0 Å². The summed E-state index contributed by atoms with van der Waals surface area (Å²) in [7, 11) is 4.15. The summed E-state index contributed by atoms with van der Waals surface area (Å²) in [6.45, 7) is 49.3. The van der Waals surface area contributed by atoms with Crippen molar-refractivity contribution in [2.24, 2.45) is 161 Å². The summed E-state index contributed by atoms with van der Waals surface area (Å²) in [6.07, 6.45) is 99.8. The fourth-order valence-corrected chi connectivity index (χ4v) is 30.7. The molecule has 124 heavy (non-hydrogen) atoms. The van der Waals surface area contributed by atoms with E-state index < -0.39 is 0 Å². The number of rotatable bonds is 1. The van der Waals surface area contributed by atoms with Crippen LogP contribution < -0.4 is 0 Å². The lowest BCUT2D eigenvalue weighted by Crippen LogP contribution is -2.53. The molecule has 29 aliphatic rings. The lowest BCUT2D eigenvalue weighted by atomic mass is 9.56. The van der Waals surface area contributed by atoms with E-state index in [1.54, 1.807) is 282 Å². The first-order valence-corrected chi connectivity index (χ1v) is 59.1. The van der Waals surface area contributed by atoms with E-state index in [-0.39, 0.29) is 0 Å². The monoisotopic (exact) mass is 1730 g/mol. The zero-order chi connectivity index (χ0) is 90.4. The van der Waals surface area contributed by atoms with E-state index >= 15 is 0 Å². The molecule has 4 saturated heterocycles. The Bertz CT molecular complexity index is 2290. The average molecular weight is 1730 g/mol. The Kier molecular flexibility index (Phi) is 62.1. The highest BCUT2D eigenvalue weighted by Gasteiger charge is 2.62. The molecule has 0 spiro atoms. The third-order valence-electron chi connectivity index (χ3n) is 35.6. The smallest absolute Gasteiger partial charge is 0.0943 e. The highest BCUT2D eigenvalue weighted by molar-refractivity contribution is 5.24. The van der Waals surface area contributed by atoms with E-state index in [2.05, 4.69) is 28.8 Å².